The molecule has 2 N–H and O–H groups in total. The van der Waals surface area contributed by atoms with E-state index in [0.29, 0.717) is 15.7 Å². The van der Waals surface area contributed by atoms with Crippen LogP contribution in [0, 0.1) is 19.7 Å². The molecule has 0 aliphatic carbocycles. The van der Waals surface area contributed by atoms with Crippen LogP contribution in [0.15, 0.2) is 34.3 Å². The minimum Gasteiger partial charge on any atom is -0.398 e. The number of benzene rings is 1. The maximum atomic E-state index is 13.1. The van der Waals surface area contributed by atoms with Gasteiger partial charge in [0.1, 0.15) is 5.82 Å². The summed E-state index contributed by atoms with van der Waals surface area (Å²) in [5.41, 5.74) is 8.07. The van der Waals surface area contributed by atoms with Gasteiger partial charge in [0.2, 0.25) is 0 Å². The Hall–Kier alpha value is -1.62. The van der Waals surface area contributed by atoms with Crippen molar-refractivity contribution in [2.45, 2.75) is 23.9 Å². The monoisotopic (exact) mass is 249 g/mol. The fourth-order valence-electron chi connectivity index (χ4n) is 1.43. The molecule has 2 aromatic rings. The molecular weight excluding hydrogens is 237 g/mol. The Kier molecular flexibility index (Phi) is 3.28. The van der Waals surface area contributed by atoms with E-state index in [9.17, 15) is 4.39 Å². The number of rotatable bonds is 2. The molecule has 0 aliphatic rings. The molecule has 2 rings (SSSR count). The van der Waals surface area contributed by atoms with E-state index in [-0.39, 0.29) is 5.82 Å². The third-order valence-corrected chi connectivity index (χ3v) is 3.08. The van der Waals surface area contributed by atoms with E-state index in [1.807, 2.05) is 19.9 Å². The fourth-order valence-corrected chi connectivity index (χ4v) is 2.37. The first-order valence-corrected chi connectivity index (χ1v) is 5.91. The number of nitrogens with zero attached hydrogens (tertiary/aromatic N) is 2. The minimum atomic E-state index is -0.314. The number of nitrogens with two attached hydrogens (primary N) is 1. The van der Waals surface area contributed by atoms with E-state index in [2.05, 4.69) is 9.97 Å². The standard InChI is InChI=1S/C12H12FN3S/c1-7-5-8(2)16-12(15-7)17-11-6-9(13)3-4-10(11)14/h3-6H,14H2,1-2H3. The zero-order valence-corrected chi connectivity index (χ0v) is 10.4. The van der Waals surface area contributed by atoms with Crippen molar-refractivity contribution in [1.29, 1.82) is 0 Å². The van der Waals surface area contributed by atoms with Crippen molar-refractivity contribution in [2.24, 2.45) is 0 Å². The van der Waals surface area contributed by atoms with Crippen molar-refractivity contribution in [3.8, 4) is 0 Å². The van der Waals surface area contributed by atoms with Crippen LogP contribution >= 0.6 is 11.8 Å². The first-order valence-electron chi connectivity index (χ1n) is 5.10. The second-order valence-corrected chi connectivity index (χ2v) is 4.73. The molecule has 0 radical (unpaired) electrons. The van der Waals surface area contributed by atoms with Gasteiger partial charge in [0.15, 0.2) is 5.16 Å². The summed E-state index contributed by atoms with van der Waals surface area (Å²) < 4.78 is 13.1. The molecule has 0 bridgehead atoms. The molecule has 1 heterocycles. The summed E-state index contributed by atoms with van der Waals surface area (Å²) in [6, 6.07) is 6.15. The zero-order valence-electron chi connectivity index (χ0n) is 9.57. The Balaban J connectivity index is 2.34. The van der Waals surface area contributed by atoms with Crippen LogP contribution in [0.2, 0.25) is 0 Å². The lowest BCUT2D eigenvalue weighted by Gasteiger charge is -2.05. The zero-order chi connectivity index (χ0) is 12.4. The molecule has 3 nitrogen and oxygen atoms in total. The van der Waals surface area contributed by atoms with Gasteiger partial charge in [0, 0.05) is 22.0 Å². The van der Waals surface area contributed by atoms with Crippen LogP contribution < -0.4 is 5.73 Å². The van der Waals surface area contributed by atoms with Gasteiger partial charge in [-0.25, -0.2) is 14.4 Å². The van der Waals surface area contributed by atoms with E-state index in [0.717, 1.165) is 11.4 Å². The van der Waals surface area contributed by atoms with Crippen LogP contribution in [0.25, 0.3) is 0 Å². The molecule has 17 heavy (non-hydrogen) atoms. The van der Waals surface area contributed by atoms with E-state index < -0.39 is 0 Å². The molecule has 1 aromatic heterocycles. The first kappa shape index (κ1) is 11.9. The molecule has 1 aromatic carbocycles. The van der Waals surface area contributed by atoms with Gasteiger partial charge in [0.25, 0.3) is 0 Å². The van der Waals surface area contributed by atoms with Crippen LogP contribution in [0.4, 0.5) is 10.1 Å². The highest BCUT2D eigenvalue weighted by molar-refractivity contribution is 7.99. The lowest BCUT2D eigenvalue weighted by molar-refractivity contribution is 0.624. The molecule has 0 aliphatic heterocycles. The van der Waals surface area contributed by atoms with Crippen LogP contribution in [0.5, 0.6) is 0 Å². The number of hydrogen-bond donors (Lipinski definition) is 1. The highest BCUT2D eigenvalue weighted by atomic mass is 32.2. The van der Waals surface area contributed by atoms with E-state index in [1.54, 1.807) is 6.07 Å². The van der Waals surface area contributed by atoms with Gasteiger partial charge in [-0.1, -0.05) is 0 Å². The summed E-state index contributed by atoms with van der Waals surface area (Å²) in [4.78, 5) is 9.18. The number of halogens is 1. The van der Waals surface area contributed by atoms with Gasteiger partial charge >= 0.3 is 0 Å². The lowest BCUT2D eigenvalue weighted by atomic mass is 10.3. The Morgan fingerprint density at radius 1 is 1.12 bits per heavy atom. The van der Waals surface area contributed by atoms with Gasteiger partial charge in [-0.05, 0) is 49.9 Å². The topological polar surface area (TPSA) is 51.8 Å². The summed E-state index contributed by atoms with van der Waals surface area (Å²) in [5, 5.41) is 0.583. The van der Waals surface area contributed by atoms with Gasteiger partial charge in [-0.3, -0.25) is 0 Å². The summed E-state index contributed by atoms with van der Waals surface area (Å²) in [6.07, 6.45) is 0. The highest BCUT2D eigenvalue weighted by Crippen LogP contribution is 2.30. The van der Waals surface area contributed by atoms with Crippen LogP contribution in [-0.4, -0.2) is 9.97 Å². The van der Waals surface area contributed by atoms with Crippen LogP contribution in [0.3, 0.4) is 0 Å². The van der Waals surface area contributed by atoms with Gasteiger partial charge in [-0.2, -0.15) is 0 Å². The molecule has 88 valence electrons. The molecule has 5 heteroatoms. The number of nitrogen functional groups attached to an aromatic ring is 1. The molecule has 0 spiro atoms. The van der Waals surface area contributed by atoms with E-state index in [4.69, 9.17) is 5.73 Å². The molecule has 0 saturated heterocycles. The number of anilines is 1. The van der Waals surface area contributed by atoms with Gasteiger partial charge in [-0.15, -0.1) is 0 Å². The normalized spacial score (nSPS) is 10.5. The maximum absolute atomic E-state index is 13.1. The second-order valence-electron chi connectivity index (χ2n) is 3.72. The van der Waals surface area contributed by atoms with E-state index in [1.165, 1.54) is 23.9 Å². The number of hydrogen-bond acceptors (Lipinski definition) is 4. The quantitative estimate of drug-likeness (QED) is 0.656. The lowest BCUT2D eigenvalue weighted by Crippen LogP contribution is -1.94. The van der Waals surface area contributed by atoms with Crippen molar-refractivity contribution in [3.63, 3.8) is 0 Å². The molecule has 0 saturated carbocycles. The molecule has 0 atom stereocenters. The molecule has 0 fully saturated rings. The van der Waals surface area contributed by atoms with Crippen molar-refractivity contribution >= 4 is 17.4 Å². The van der Waals surface area contributed by atoms with Crippen molar-refractivity contribution in [1.82, 2.24) is 9.97 Å². The predicted octanol–water partition coefficient (Wildman–Crippen LogP) is 2.97. The van der Waals surface area contributed by atoms with Crippen molar-refractivity contribution in [2.75, 3.05) is 5.73 Å². The molecule has 0 amide bonds. The first-order chi connectivity index (χ1) is 8.04. The fraction of sp³-hybridized carbons (Fsp3) is 0.167. The van der Waals surface area contributed by atoms with Gasteiger partial charge < -0.3 is 5.73 Å². The van der Waals surface area contributed by atoms with Crippen molar-refractivity contribution in [3.05, 3.63) is 41.5 Å². The Morgan fingerprint density at radius 2 is 1.76 bits per heavy atom. The smallest absolute Gasteiger partial charge is 0.192 e. The second kappa shape index (κ2) is 4.71. The summed E-state index contributed by atoms with van der Waals surface area (Å²) in [7, 11) is 0. The number of aryl methyl sites for hydroxylation is 2. The predicted molar refractivity (Wildman–Crippen MR) is 66.4 cm³/mol. The third kappa shape index (κ3) is 2.94. The highest BCUT2D eigenvalue weighted by Gasteiger charge is 2.07. The molecule has 0 unspecified atom stereocenters. The average Bonchev–Trinajstić information content (AvgIpc) is 2.22. The van der Waals surface area contributed by atoms with Crippen LogP contribution in [0.1, 0.15) is 11.4 Å². The Morgan fingerprint density at radius 3 is 2.41 bits per heavy atom. The Labute approximate surface area is 103 Å². The minimum absolute atomic E-state index is 0.314. The number of aromatic nitrogens is 2. The largest absolute Gasteiger partial charge is 0.398 e. The average molecular weight is 249 g/mol. The maximum Gasteiger partial charge on any atom is 0.192 e. The Bertz CT molecular complexity index is 537. The summed E-state index contributed by atoms with van der Waals surface area (Å²) >= 11 is 1.27. The summed E-state index contributed by atoms with van der Waals surface area (Å²) in [5.74, 6) is -0.314. The summed E-state index contributed by atoms with van der Waals surface area (Å²) in [6.45, 7) is 3.79. The third-order valence-electron chi connectivity index (χ3n) is 2.14. The molecular formula is C12H12FN3S. The van der Waals surface area contributed by atoms with Gasteiger partial charge in [0.05, 0.1) is 0 Å². The van der Waals surface area contributed by atoms with Crippen molar-refractivity contribution < 1.29 is 4.39 Å². The SMILES string of the molecule is Cc1cc(C)nc(Sc2cc(F)ccc2N)n1. The van der Waals surface area contributed by atoms with Crippen LogP contribution in [-0.2, 0) is 0 Å². The van der Waals surface area contributed by atoms with E-state index >= 15 is 0 Å².